The molecule has 0 aromatic heterocycles. The summed E-state index contributed by atoms with van der Waals surface area (Å²) in [6.45, 7) is 2.06. The van der Waals surface area contributed by atoms with Crippen molar-refractivity contribution in [2.75, 3.05) is 7.05 Å². The van der Waals surface area contributed by atoms with Crippen molar-refractivity contribution in [1.29, 1.82) is 0 Å². The standard InChI is InChI=1S/C12H24N2O.ClH/c1-3-7-11(13)12(15)14(2)10-8-5-4-6-9-10;/h10-11H,3-9,13H2,1-2H3;1H. The number of likely N-dealkylation sites (N-methyl/N-ethyl adjacent to an activating group) is 1. The summed E-state index contributed by atoms with van der Waals surface area (Å²) in [6.07, 6.45) is 7.92. The van der Waals surface area contributed by atoms with E-state index in [4.69, 9.17) is 5.73 Å². The molecule has 2 N–H and O–H groups in total. The number of halogens is 1. The van der Waals surface area contributed by atoms with Crippen molar-refractivity contribution in [1.82, 2.24) is 4.90 Å². The molecule has 1 atom stereocenters. The Morgan fingerprint density at radius 1 is 1.38 bits per heavy atom. The molecule has 1 amide bonds. The second kappa shape index (κ2) is 7.91. The molecule has 0 aliphatic heterocycles. The summed E-state index contributed by atoms with van der Waals surface area (Å²) in [4.78, 5) is 13.8. The van der Waals surface area contributed by atoms with E-state index in [1.165, 1.54) is 19.3 Å². The number of rotatable bonds is 4. The molecule has 1 aliphatic carbocycles. The number of nitrogens with zero attached hydrogens (tertiary/aromatic N) is 1. The van der Waals surface area contributed by atoms with Crippen molar-refractivity contribution in [2.45, 2.75) is 64.0 Å². The maximum absolute atomic E-state index is 11.9. The van der Waals surface area contributed by atoms with E-state index in [-0.39, 0.29) is 24.4 Å². The van der Waals surface area contributed by atoms with Gasteiger partial charge in [-0.2, -0.15) is 0 Å². The Morgan fingerprint density at radius 3 is 2.44 bits per heavy atom. The van der Waals surface area contributed by atoms with Crippen LogP contribution in [0.2, 0.25) is 0 Å². The van der Waals surface area contributed by atoms with Crippen LogP contribution in [0.15, 0.2) is 0 Å². The molecule has 16 heavy (non-hydrogen) atoms. The zero-order valence-corrected chi connectivity index (χ0v) is 11.3. The topological polar surface area (TPSA) is 46.3 Å². The Kier molecular flexibility index (Phi) is 7.77. The quantitative estimate of drug-likeness (QED) is 0.830. The van der Waals surface area contributed by atoms with Crippen LogP contribution in [0.25, 0.3) is 0 Å². The van der Waals surface area contributed by atoms with Gasteiger partial charge in [0.1, 0.15) is 0 Å². The molecule has 0 heterocycles. The predicted molar refractivity (Wildman–Crippen MR) is 69.8 cm³/mol. The van der Waals surface area contributed by atoms with Crippen molar-refractivity contribution in [3.8, 4) is 0 Å². The van der Waals surface area contributed by atoms with Gasteiger partial charge in [-0.25, -0.2) is 0 Å². The lowest BCUT2D eigenvalue weighted by molar-refractivity contribution is -0.134. The highest BCUT2D eigenvalue weighted by molar-refractivity contribution is 5.85. The highest BCUT2D eigenvalue weighted by Crippen LogP contribution is 2.22. The minimum absolute atomic E-state index is 0. The molecule has 96 valence electrons. The first-order valence-corrected chi connectivity index (χ1v) is 6.19. The van der Waals surface area contributed by atoms with Gasteiger partial charge < -0.3 is 10.6 Å². The summed E-state index contributed by atoms with van der Waals surface area (Å²) in [5, 5.41) is 0. The molecular formula is C12H25ClN2O. The molecule has 1 fully saturated rings. The Balaban J connectivity index is 0.00000225. The first kappa shape index (κ1) is 15.7. The van der Waals surface area contributed by atoms with Crippen LogP contribution in [0.4, 0.5) is 0 Å². The van der Waals surface area contributed by atoms with E-state index in [0.717, 1.165) is 25.7 Å². The van der Waals surface area contributed by atoms with Crippen LogP contribution in [0.3, 0.4) is 0 Å². The smallest absolute Gasteiger partial charge is 0.239 e. The Bertz CT molecular complexity index is 205. The maximum Gasteiger partial charge on any atom is 0.239 e. The van der Waals surface area contributed by atoms with Crippen LogP contribution < -0.4 is 5.73 Å². The Hall–Kier alpha value is -0.280. The van der Waals surface area contributed by atoms with Crippen LogP contribution in [-0.4, -0.2) is 29.9 Å². The molecule has 1 aliphatic rings. The highest BCUT2D eigenvalue weighted by Gasteiger charge is 2.25. The van der Waals surface area contributed by atoms with Crippen molar-refractivity contribution in [2.24, 2.45) is 5.73 Å². The fraction of sp³-hybridized carbons (Fsp3) is 0.917. The number of hydrogen-bond acceptors (Lipinski definition) is 2. The first-order chi connectivity index (χ1) is 7.16. The molecule has 0 bridgehead atoms. The minimum atomic E-state index is -0.290. The van der Waals surface area contributed by atoms with Gasteiger partial charge in [0.2, 0.25) is 5.91 Å². The van der Waals surface area contributed by atoms with Gasteiger partial charge in [0.15, 0.2) is 0 Å². The molecule has 0 aromatic carbocycles. The highest BCUT2D eigenvalue weighted by atomic mass is 35.5. The summed E-state index contributed by atoms with van der Waals surface area (Å²) >= 11 is 0. The Morgan fingerprint density at radius 2 is 1.94 bits per heavy atom. The van der Waals surface area contributed by atoms with E-state index in [1.54, 1.807) is 0 Å². The third kappa shape index (κ3) is 4.30. The van der Waals surface area contributed by atoms with E-state index >= 15 is 0 Å². The van der Waals surface area contributed by atoms with Crippen molar-refractivity contribution in [3.05, 3.63) is 0 Å². The average Bonchev–Trinajstić information content (AvgIpc) is 2.28. The SMILES string of the molecule is CCCC(N)C(=O)N(C)C1CCCCC1.Cl. The fourth-order valence-corrected chi connectivity index (χ4v) is 2.34. The molecule has 0 radical (unpaired) electrons. The van der Waals surface area contributed by atoms with Crippen LogP contribution in [0.1, 0.15) is 51.9 Å². The molecule has 1 rings (SSSR count). The summed E-state index contributed by atoms with van der Waals surface area (Å²) in [6, 6.07) is 0.149. The molecule has 3 nitrogen and oxygen atoms in total. The van der Waals surface area contributed by atoms with Crippen LogP contribution >= 0.6 is 12.4 Å². The van der Waals surface area contributed by atoms with Gasteiger partial charge in [-0.3, -0.25) is 4.79 Å². The second-order valence-corrected chi connectivity index (χ2v) is 4.64. The first-order valence-electron chi connectivity index (χ1n) is 6.19. The van der Waals surface area contributed by atoms with Crippen molar-refractivity contribution < 1.29 is 4.79 Å². The molecule has 0 spiro atoms. The number of carbonyl (C=O) groups excluding carboxylic acids is 1. The molecule has 0 aromatic rings. The second-order valence-electron chi connectivity index (χ2n) is 4.64. The lowest BCUT2D eigenvalue weighted by Gasteiger charge is -2.32. The van der Waals surface area contributed by atoms with Gasteiger partial charge in [-0.05, 0) is 19.3 Å². The number of hydrogen-bond donors (Lipinski definition) is 1. The van der Waals surface area contributed by atoms with Gasteiger partial charge in [0, 0.05) is 13.1 Å². The van der Waals surface area contributed by atoms with Crippen LogP contribution in [-0.2, 0) is 4.79 Å². The van der Waals surface area contributed by atoms with Crippen molar-refractivity contribution in [3.63, 3.8) is 0 Å². The summed E-state index contributed by atoms with van der Waals surface area (Å²) in [5.74, 6) is 0.128. The van der Waals surface area contributed by atoms with Crippen LogP contribution in [0, 0.1) is 0 Å². The Labute approximate surface area is 105 Å². The lowest BCUT2D eigenvalue weighted by Crippen LogP contribution is -2.47. The summed E-state index contributed by atoms with van der Waals surface area (Å²) < 4.78 is 0. The van der Waals surface area contributed by atoms with Gasteiger partial charge in [0.25, 0.3) is 0 Å². The van der Waals surface area contributed by atoms with E-state index in [2.05, 4.69) is 6.92 Å². The minimum Gasteiger partial charge on any atom is -0.341 e. The lowest BCUT2D eigenvalue weighted by atomic mass is 9.94. The third-order valence-corrected chi connectivity index (χ3v) is 3.39. The molecule has 1 unspecified atom stereocenters. The van der Waals surface area contributed by atoms with Crippen LogP contribution in [0.5, 0.6) is 0 Å². The molecule has 4 heteroatoms. The third-order valence-electron chi connectivity index (χ3n) is 3.39. The van der Waals surface area contributed by atoms with Crippen molar-refractivity contribution >= 4 is 18.3 Å². The van der Waals surface area contributed by atoms with Gasteiger partial charge in [-0.15, -0.1) is 12.4 Å². The predicted octanol–water partition coefficient (Wildman–Crippen LogP) is 2.33. The van der Waals surface area contributed by atoms with E-state index in [9.17, 15) is 4.79 Å². The number of amides is 1. The normalized spacial score (nSPS) is 18.7. The van der Waals surface area contributed by atoms with E-state index in [0.29, 0.717) is 6.04 Å². The summed E-state index contributed by atoms with van der Waals surface area (Å²) in [7, 11) is 1.91. The van der Waals surface area contributed by atoms with Gasteiger partial charge in [-0.1, -0.05) is 32.6 Å². The van der Waals surface area contributed by atoms with E-state index < -0.39 is 0 Å². The molecular weight excluding hydrogens is 224 g/mol. The monoisotopic (exact) mass is 248 g/mol. The van der Waals surface area contributed by atoms with E-state index in [1.807, 2.05) is 11.9 Å². The largest absolute Gasteiger partial charge is 0.341 e. The zero-order chi connectivity index (χ0) is 11.3. The zero-order valence-electron chi connectivity index (χ0n) is 10.4. The maximum atomic E-state index is 11.9. The van der Waals surface area contributed by atoms with Gasteiger partial charge in [0.05, 0.1) is 6.04 Å². The molecule has 1 saturated carbocycles. The molecule has 0 saturated heterocycles. The number of nitrogens with two attached hydrogens (primary N) is 1. The average molecular weight is 249 g/mol. The number of carbonyl (C=O) groups is 1. The fourth-order valence-electron chi connectivity index (χ4n) is 2.34. The summed E-state index contributed by atoms with van der Waals surface area (Å²) in [5.41, 5.74) is 5.84. The van der Waals surface area contributed by atoms with Gasteiger partial charge >= 0.3 is 0 Å².